The SMILES string of the molecule is [Eu+3].[O-]C(/C=C(\O)C(F)(F)F)c1cccs1.[O-]C(/C=C(\O)C(F)(F)F)c1cccs1.[O-]C(/C=C(\O)c1cccs1)C(F)(F)F. The van der Waals surface area contributed by atoms with Crippen molar-refractivity contribution in [3.05, 3.63) is 96.9 Å². The minimum atomic E-state index is -4.86. The van der Waals surface area contributed by atoms with Crippen molar-refractivity contribution in [3.8, 4) is 0 Å². The summed E-state index contributed by atoms with van der Waals surface area (Å²) in [6, 6.07) is 8.95. The summed E-state index contributed by atoms with van der Waals surface area (Å²) in [5.41, 5.74) is 0. The molecule has 3 atom stereocenters. The van der Waals surface area contributed by atoms with E-state index in [1.165, 1.54) is 18.2 Å². The van der Waals surface area contributed by atoms with Crippen molar-refractivity contribution in [2.45, 2.75) is 36.8 Å². The van der Waals surface area contributed by atoms with Gasteiger partial charge in [0.25, 0.3) is 0 Å². The third kappa shape index (κ3) is 15.9. The molecule has 3 aromatic rings. The van der Waals surface area contributed by atoms with Crippen molar-refractivity contribution in [1.29, 1.82) is 0 Å². The molecule has 3 heterocycles. The van der Waals surface area contributed by atoms with Crippen LogP contribution in [0.1, 0.15) is 26.8 Å². The average molecular weight is 822 g/mol. The van der Waals surface area contributed by atoms with Gasteiger partial charge in [0.05, 0.1) is 4.88 Å². The Balaban J connectivity index is 0.000000608. The van der Waals surface area contributed by atoms with E-state index in [0.717, 1.165) is 34.0 Å². The minimum absolute atomic E-state index is 0. The number of thiophene rings is 3. The molecule has 238 valence electrons. The van der Waals surface area contributed by atoms with Gasteiger partial charge in [-0.05, 0) is 68.4 Å². The second-order valence-corrected chi connectivity index (χ2v) is 10.4. The first-order valence-corrected chi connectivity index (χ1v) is 13.4. The van der Waals surface area contributed by atoms with Gasteiger partial charge in [0.15, 0.2) is 11.5 Å². The van der Waals surface area contributed by atoms with E-state index >= 15 is 0 Å². The normalized spacial score (nSPS) is 15.2. The van der Waals surface area contributed by atoms with Crippen molar-refractivity contribution in [3.63, 3.8) is 0 Å². The predicted molar refractivity (Wildman–Crippen MR) is 132 cm³/mol. The summed E-state index contributed by atoms with van der Waals surface area (Å²) in [4.78, 5) is 0.719. The molecular formula is C24H18EuF9O6S3. The van der Waals surface area contributed by atoms with Gasteiger partial charge in [-0.25, -0.2) is 0 Å². The molecule has 0 radical (unpaired) electrons. The third-order valence-corrected chi connectivity index (χ3v) is 7.01. The number of aliphatic hydroxyl groups excluding tert-OH is 3. The summed E-state index contributed by atoms with van der Waals surface area (Å²) in [5, 5.41) is 63.6. The van der Waals surface area contributed by atoms with Crippen molar-refractivity contribution in [2.24, 2.45) is 0 Å². The quantitative estimate of drug-likeness (QED) is 0.200. The first kappa shape index (κ1) is 41.6. The number of rotatable bonds is 6. The van der Waals surface area contributed by atoms with Crippen LogP contribution in [0.4, 0.5) is 39.5 Å². The Bertz CT molecular complexity index is 1200. The fraction of sp³-hybridized carbons (Fsp3) is 0.250. The van der Waals surface area contributed by atoms with Gasteiger partial charge in [-0.2, -0.15) is 39.5 Å². The molecule has 0 aliphatic carbocycles. The van der Waals surface area contributed by atoms with E-state index in [-0.39, 0.29) is 82.2 Å². The first-order valence-electron chi connectivity index (χ1n) is 10.7. The zero-order chi connectivity index (χ0) is 32.3. The van der Waals surface area contributed by atoms with Gasteiger partial charge in [-0.15, -0.1) is 34.0 Å². The second-order valence-electron chi connectivity index (χ2n) is 7.46. The maximum Gasteiger partial charge on any atom is 3.00 e. The summed E-state index contributed by atoms with van der Waals surface area (Å²) in [7, 11) is 0. The maximum absolute atomic E-state index is 11.8. The minimum Gasteiger partial charge on any atom is -0.845 e. The van der Waals surface area contributed by atoms with Crippen LogP contribution in [0.3, 0.4) is 0 Å². The van der Waals surface area contributed by atoms with Crippen molar-refractivity contribution < 1.29 is 120 Å². The smallest absolute Gasteiger partial charge is 0.845 e. The molecule has 43 heavy (non-hydrogen) atoms. The molecule has 0 spiro atoms. The fourth-order valence-corrected chi connectivity index (χ4v) is 4.29. The second kappa shape index (κ2) is 18.5. The summed E-state index contributed by atoms with van der Waals surface area (Å²) in [5.74, 6) is -4.31. The first-order chi connectivity index (χ1) is 19.2. The summed E-state index contributed by atoms with van der Waals surface area (Å²) >= 11 is 3.16. The zero-order valence-corrected chi connectivity index (χ0v) is 25.6. The van der Waals surface area contributed by atoms with Crippen LogP contribution >= 0.6 is 34.0 Å². The van der Waals surface area contributed by atoms with Gasteiger partial charge in [0.2, 0.25) is 0 Å². The Morgan fingerprint density at radius 2 is 1.00 bits per heavy atom. The average Bonchev–Trinajstić information content (AvgIpc) is 3.66. The molecule has 3 rings (SSSR count). The van der Waals surface area contributed by atoms with Crippen LogP contribution in [0, 0.1) is 49.4 Å². The molecule has 0 aromatic carbocycles. The summed E-state index contributed by atoms with van der Waals surface area (Å²) < 4.78 is 106. The van der Waals surface area contributed by atoms with E-state index < -0.39 is 54.1 Å². The van der Waals surface area contributed by atoms with Gasteiger partial charge in [-0.3, -0.25) is 0 Å². The molecule has 0 bridgehead atoms. The molecule has 0 saturated carbocycles. The van der Waals surface area contributed by atoms with Crippen LogP contribution in [0.15, 0.2) is 82.3 Å². The molecule has 6 nitrogen and oxygen atoms in total. The molecule has 3 N–H and O–H groups in total. The molecule has 19 heteroatoms. The molecule has 0 fully saturated rings. The molecule has 0 amide bonds. The van der Waals surface area contributed by atoms with Gasteiger partial charge in [0, 0.05) is 0 Å². The summed E-state index contributed by atoms with van der Waals surface area (Å²) in [6.45, 7) is 0. The fourth-order valence-electron chi connectivity index (χ4n) is 2.29. The molecule has 0 aliphatic rings. The number of alkyl halides is 9. The Kier molecular flexibility index (Phi) is 17.9. The topological polar surface area (TPSA) is 130 Å². The van der Waals surface area contributed by atoms with Crippen LogP contribution in [-0.4, -0.2) is 40.0 Å². The van der Waals surface area contributed by atoms with E-state index in [1.807, 2.05) is 0 Å². The van der Waals surface area contributed by atoms with Crippen LogP contribution in [0.25, 0.3) is 5.76 Å². The van der Waals surface area contributed by atoms with E-state index in [2.05, 4.69) is 0 Å². The molecular weight excluding hydrogens is 803 g/mol. The number of allylic oxidation sites excluding steroid dienone is 2. The van der Waals surface area contributed by atoms with Crippen molar-refractivity contribution >= 4 is 39.8 Å². The number of hydrogen-bond donors (Lipinski definition) is 3. The monoisotopic (exact) mass is 822 g/mol. The Morgan fingerprint density at radius 3 is 1.28 bits per heavy atom. The molecule has 0 saturated heterocycles. The Hall–Kier alpha value is -1.45. The maximum atomic E-state index is 11.8. The van der Waals surface area contributed by atoms with E-state index in [4.69, 9.17) is 15.3 Å². The van der Waals surface area contributed by atoms with E-state index in [1.54, 1.807) is 34.3 Å². The largest absolute Gasteiger partial charge is 3.00 e. The predicted octanol–water partition coefficient (Wildman–Crippen LogP) is 6.25. The van der Waals surface area contributed by atoms with Crippen LogP contribution in [-0.2, 0) is 0 Å². The molecule has 0 aliphatic heterocycles. The Labute approximate surface area is 290 Å². The Morgan fingerprint density at radius 1 is 0.628 bits per heavy atom. The van der Waals surface area contributed by atoms with E-state index in [0.29, 0.717) is 0 Å². The van der Waals surface area contributed by atoms with Crippen molar-refractivity contribution in [2.75, 3.05) is 0 Å². The van der Waals surface area contributed by atoms with Crippen LogP contribution < -0.4 is 15.3 Å². The van der Waals surface area contributed by atoms with Crippen LogP contribution in [0.5, 0.6) is 0 Å². The van der Waals surface area contributed by atoms with Gasteiger partial charge in [0.1, 0.15) is 5.76 Å². The van der Waals surface area contributed by atoms with Crippen molar-refractivity contribution in [1.82, 2.24) is 0 Å². The zero-order valence-electron chi connectivity index (χ0n) is 20.7. The molecule has 3 aromatic heterocycles. The number of aliphatic hydroxyl groups is 3. The number of hydrogen-bond acceptors (Lipinski definition) is 9. The van der Waals surface area contributed by atoms with Crippen LogP contribution in [0.2, 0.25) is 0 Å². The van der Waals surface area contributed by atoms with E-state index in [9.17, 15) is 54.8 Å². The molecule has 3 unspecified atom stereocenters. The van der Waals surface area contributed by atoms with Gasteiger partial charge in [-0.1, -0.05) is 30.4 Å². The van der Waals surface area contributed by atoms with Gasteiger partial charge < -0.3 is 30.6 Å². The van der Waals surface area contributed by atoms with Gasteiger partial charge >= 0.3 is 67.9 Å². The number of halogens is 9. The standard InChI is InChI=1S/3C8H6F3O2S.Eu/c3*9-8(10,11)7(13)4-5(12)6-2-1-3-14-6;/h1-4,7,12H;2*1-5,13H;/q3*-1;+3/b5-4-;2*7-4-;. The third-order valence-electron chi connectivity index (χ3n) is 4.25. The summed E-state index contributed by atoms with van der Waals surface area (Å²) in [6.07, 6.45) is -20.0.